The van der Waals surface area contributed by atoms with E-state index in [1.165, 1.54) is 11.3 Å². The van der Waals surface area contributed by atoms with Crippen LogP contribution >= 0.6 is 22.9 Å². The van der Waals surface area contributed by atoms with E-state index in [9.17, 15) is 4.79 Å². The number of thiophene rings is 1. The van der Waals surface area contributed by atoms with Crippen LogP contribution in [0.3, 0.4) is 0 Å². The van der Waals surface area contributed by atoms with Gasteiger partial charge in [-0.1, -0.05) is 11.6 Å². The second-order valence-corrected chi connectivity index (χ2v) is 5.23. The zero-order valence-electron chi connectivity index (χ0n) is 9.77. The lowest BCUT2D eigenvalue weighted by atomic mass is 10.3. The number of rotatable bonds is 4. The van der Waals surface area contributed by atoms with Crippen LogP contribution in [-0.4, -0.2) is 12.5 Å². The van der Waals surface area contributed by atoms with Gasteiger partial charge in [-0.05, 0) is 43.3 Å². The van der Waals surface area contributed by atoms with Crippen LogP contribution in [0.5, 0.6) is 5.75 Å². The van der Waals surface area contributed by atoms with Crippen molar-refractivity contribution in [1.29, 1.82) is 0 Å². The smallest absolute Gasteiger partial charge is 0.265 e. The number of carbonyl (C=O) groups is 1. The van der Waals surface area contributed by atoms with E-state index in [0.29, 0.717) is 15.8 Å². The molecule has 0 aliphatic carbocycles. The minimum Gasteiger partial charge on any atom is -0.494 e. The highest BCUT2D eigenvalue weighted by Crippen LogP contribution is 2.23. The molecule has 0 saturated carbocycles. The van der Waals surface area contributed by atoms with E-state index < -0.39 is 0 Å². The molecule has 2 aromatic rings. The number of benzene rings is 1. The molecule has 0 aliphatic heterocycles. The Labute approximate surface area is 114 Å². The molecule has 0 unspecified atom stereocenters. The Morgan fingerprint density at radius 1 is 1.28 bits per heavy atom. The predicted molar refractivity (Wildman–Crippen MR) is 74.9 cm³/mol. The Kier molecular flexibility index (Phi) is 4.23. The summed E-state index contributed by atoms with van der Waals surface area (Å²) in [6, 6.07) is 10.7. The Morgan fingerprint density at radius 2 is 2.00 bits per heavy atom. The molecule has 18 heavy (non-hydrogen) atoms. The van der Waals surface area contributed by atoms with Crippen LogP contribution in [-0.2, 0) is 0 Å². The van der Waals surface area contributed by atoms with E-state index >= 15 is 0 Å². The quantitative estimate of drug-likeness (QED) is 0.918. The van der Waals surface area contributed by atoms with Gasteiger partial charge in [-0.3, -0.25) is 4.79 Å². The summed E-state index contributed by atoms with van der Waals surface area (Å²) in [5.41, 5.74) is 0.730. The number of ether oxygens (including phenoxy) is 1. The highest BCUT2D eigenvalue weighted by atomic mass is 35.5. The van der Waals surface area contributed by atoms with Gasteiger partial charge in [0.1, 0.15) is 5.75 Å². The fourth-order valence-corrected chi connectivity index (χ4v) is 2.37. The van der Waals surface area contributed by atoms with E-state index in [0.717, 1.165) is 11.4 Å². The maximum Gasteiger partial charge on any atom is 0.265 e. The average molecular weight is 282 g/mol. The summed E-state index contributed by atoms with van der Waals surface area (Å²) in [6.07, 6.45) is 0. The lowest BCUT2D eigenvalue weighted by Crippen LogP contribution is -2.09. The topological polar surface area (TPSA) is 38.3 Å². The summed E-state index contributed by atoms with van der Waals surface area (Å²) in [5.74, 6) is 0.630. The van der Waals surface area contributed by atoms with Crippen molar-refractivity contribution in [2.75, 3.05) is 11.9 Å². The molecule has 5 heteroatoms. The highest BCUT2D eigenvalue weighted by Gasteiger charge is 2.08. The molecule has 0 aliphatic rings. The van der Waals surface area contributed by atoms with Crippen LogP contribution in [0, 0.1) is 0 Å². The van der Waals surface area contributed by atoms with Crippen molar-refractivity contribution in [3.63, 3.8) is 0 Å². The van der Waals surface area contributed by atoms with Gasteiger partial charge >= 0.3 is 0 Å². The molecule has 1 N–H and O–H groups in total. The molecule has 0 atom stereocenters. The van der Waals surface area contributed by atoms with Crippen LogP contribution in [0.2, 0.25) is 4.34 Å². The molecule has 3 nitrogen and oxygen atoms in total. The molecule has 1 amide bonds. The first kappa shape index (κ1) is 12.9. The SMILES string of the molecule is CCOc1ccc(NC(=O)c2ccc(Cl)s2)cc1. The summed E-state index contributed by atoms with van der Waals surface area (Å²) in [6.45, 7) is 2.55. The van der Waals surface area contributed by atoms with Gasteiger partial charge < -0.3 is 10.1 Å². The lowest BCUT2D eigenvalue weighted by Gasteiger charge is -2.06. The normalized spacial score (nSPS) is 10.1. The molecule has 0 fully saturated rings. The first-order valence-electron chi connectivity index (χ1n) is 5.48. The van der Waals surface area contributed by atoms with Gasteiger partial charge in [0.15, 0.2) is 0 Å². The molecule has 0 radical (unpaired) electrons. The van der Waals surface area contributed by atoms with Crippen molar-refractivity contribution in [1.82, 2.24) is 0 Å². The zero-order chi connectivity index (χ0) is 13.0. The maximum absolute atomic E-state index is 11.8. The van der Waals surface area contributed by atoms with Crippen LogP contribution in [0.25, 0.3) is 0 Å². The summed E-state index contributed by atoms with van der Waals surface area (Å²) in [4.78, 5) is 12.4. The standard InChI is InChI=1S/C13H12ClNO2S/c1-2-17-10-5-3-9(4-6-10)15-13(16)11-7-8-12(14)18-11/h3-8H,2H2,1H3,(H,15,16). The number of amides is 1. The first-order valence-corrected chi connectivity index (χ1v) is 6.68. The van der Waals surface area contributed by atoms with Gasteiger partial charge in [-0.15, -0.1) is 11.3 Å². The molecule has 1 aromatic heterocycles. The van der Waals surface area contributed by atoms with Gasteiger partial charge in [0, 0.05) is 5.69 Å². The molecule has 0 bridgehead atoms. The van der Waals surface area contributed by atoms with Gasteiger partial charge in [0.05, 0.1) is 15.8 Å². The monoisotopic (exact) mass is 281 g/mol. The molecule has 1 aromatic carbocycles. The van der Waals surface area contributed by atoms with E-state index in [1.54, 1.807) is 24.3 Å². The number of carbonyl (C=O) groups excluding carboxylic acids is 1. The third-order valence-corrected chi connectivity index (χ3v) is 3.45. The maximum atomic E-state index is 11.8. The zero-order valence-corrected chi connectivity index (χ0v) is 11.3. The molecule has 94 valence electrons. The predicted octanol–water partition coefficient (Wildman–Crippen LogP) is 4.05. The van der Waals surface area contributed by atoms with Crippen molar-refractivity contribution in [2.24, 2.45) is 0 Å². The van der Waals surface area contributed by atoms with E-state index in [1.807, 2.05) is 19.1 Å². The number of hydrogen-bond acceptors (Lipinski definition) is 3. The van der Waals surface area contributed by atoms with Crippen molar-refractivity contribution in [3.8, 4) is 5.75 Å². The highest BCUT2D eigenvalue weighted by molar-refractivity contribution is 7.18. The van der Waals surface area contributed by atoms with Crippen LogP contribution in [0.15, 0.2) is 36.4 Å². The fourth-order valence-electron chi connectivity index (χ4n) is 1.43. The largest absolute Gasteiger partial charge is 0.494 e. The lowest BCUT2D eigenvalue weighted by molar-refractivity contribution is 0.103. The van der Waals surface area contributed by atoms with Gasteiger partial charge in [0.25, 0.3) is 5.91 Å². The third-order valence-electron chi connectivity index (χ3n) is 2.22. The third kappa shape index (κ3) is 3.24. The molecule has 1 heterocycles. The Bertz CT molecular complexity index is 536. The van der Waals surface area contributed by atoms with Crippen LogP contribution in [0.1, 0.15) is 16.6 Å². The number of halogens is 1. The first-order chi connectivity index (χ1) is 8.69. The summed E-state index contributed by atoms with van der Waals surface area (Å²) >= 11 is 7.04. The van der Waals surface area contributed by atoms with Crippen molar-refractivity contribution < 1.29 is 9.53 Å². The number of anilines is 1. The van der Waals surface area contributed by atoms with E-state index in [2.05, 4.69) is 5.32 Å². The summed E-state index contributed by atoms with van der Waals surface area (Å²) in [5, 5.41) is 2.80. The van der Waals surface area contributed by atoms with Crippen molar-refractivity contribution in [3.05, 3.63) is 45.6 Å². The average Bonchev–Trinajstić information content (AvgIpc) is 2.79. The van der Waals surface area contributed by atoms with Crippen molar-refractivity contribution >= 4 is 34.5 Å². The summed E-state index contributed by atoms with van der Waals surface area (Å²) < 4.78 is 5.93. The van der Waals surface area contributed by atoms with Crippen molar-refractivity contribution in [2.45, 2.75) is 6.92 Å². The Hall–Kier alpha value is -1.52. The van der Waals surface area contributed by atoms with E-state index in [4.69, 9.17) is 16.3 Å². The second-order valence-electron chi connectivity index (χ2n) is 3.52. The minimum atomic E-state index is -0.156. The van der Waals surface area contributed by atoms with Gasteiger partial charge in [0.2, 0.25) is 0 Å². The Morgan fingerprint density at radius 3 is 2.56 bits per heavy atom. The van der Waals surface area contributed by atoms with E-state index in [-0.39, 0.29) is 5.91 Å². The summed E-state index contributed by atoms with van der Waals surface area (Å²) in [7, 11) is 0. The fraction of sp³-hybridized carbons (Fsp3) is 0.154. The van der Waals surface area contributed by atoms with Crippen LogP contribution in [0.4, 0.5) is 5.69 Å². The van der Waals surface area contributed by atoms with Gasteiger partial charge in [-0.2, -0.15) is 0 Å². The molecule has 0 spiro atoms. The second kappa shape index (κ2) is 5.89. The molecule has 0 saturated heterocycles. The minimum absolute atomic E-state index is 0.156. The Balaban J connectivity index is 2.03. The number of nitrogens with one attached hydrogen (secondary N) is 1. The molecular weight excluding hydrogens is 270 g/mol. The van der Waals surface area contributed by atoms with Crippen LogP contribution < -0.4 is 10.1 Å². The number of hydrogen-bond donors (Lipinski definition) is 1. The molecule has 2 rings (SSSR count). The molecular formula is C13H12ClNO2S. The van der Waals surface area contributed by atoms with Gasteiger partial charge in [-0.25, -0.2) is 0 Å².